The summed E-state index contributed by atoms with van der Waals surface area (Å²) in [6.45, 7) is 5.54. The third-order valence-electron chi connectivity index (χ3n) is 8.40. The largest absolute Gasteiger partial charge is 0.411 e. The lowest BCUT2D eigenvalue weighted by Gasteiger charge is -2.26. The molecule has 0 unspecified atom stereocenters. The number of hydrogen-bond donors (Lipinski definition) is 2. The average Bonchev–Trinajstić information content (AvgIpc) is 3.35. The molecule has 5 rings (SSSR count). The maximum absolute atomic E-state index is 13.2. The van der Waals surface area contributed by atoms with Gasteiger partial charge in [0.15, 0.2) is 0 Å². The molecule has 0 amide bonds. The van der Waals surface area contributed by atoms with Crippen molar-refractivity contribution < 1.29 is 20.0 Å². The van der Waals surface area contributed by atoms with Crippen LogP contribution in [0.2, 0.25) is 0 Å². The molecule has 3 aliphatic rings. The normalized spacial score (nSPS) is 18.6. The van der Waals surface area contributed by atoms with E-state index in [4.69, 9.17) is 0 Å². The maximum atomic E-state index is 13.2. The van der Waals surface area contributed by atoms with Crippen LogP contribution >= 0.6 is 0 Å². The Morgan fingerprint density at radius 2 is 1.05 bits per heavy atom. The summed E-state index contributed by atoms with van der Waals surface area (Å²) < 4.78 is 0. The summed E-state index contributed by atoms with van der Waals surface area (Å²) in [4.78, 5) is 30.9. The van der Waals surface area contributed by atoms with Crippen LogP contribution < -0.4 is 0 Å². The molecule has 206 valence electrons. The number of Topliss-reactive ketones (excluding diaryl/α,β-unsaturated/α-hetero) is 2. The van der Waals surface area contributed by atoms with Gasteiger partial charge in [-0.15, -0.1) is 0 Å². The fourth-order valence-electron chi connectivity index (χ4n) is 6.14. The number of nitrogens with zero attached hydrogens (tertiary/aromatic N) is 4. The molecular weight excluding hydrogens is 492 g/mol. The van der Waals surface area contributed by atoms with Crippen LogP contribution in [0.5, 0.6) is 0 Å². The monoisotopic (exact) mass is 530 g/mol. The van der Waals surface area contributed by atoms with Crippen molar-refractivity contribution in [2.24, 2.45) is 10.3 Å². The van der Waals surface area contributed by atoms with Gasteiger partial charge in [-0.3, -0.25) is 9.59 Å². The van der Waals surface area contributed by atoms with Gasteiger partial charge in [0.05, 0.1) is 0 Å². The van der Waals surface area contributed by atoms with E-state index in [1.165, 1.54) is 38.5 Å². The molecule has 2 N–H and O–H groups in total. The molecule has 2 heterocycles. The number of carbonyl (C=O) groups is 2. The molecule has 1 aliphatic carbocycles. The van der Waals surface area contributed by atoms with Crippen LogP contribution in [0.3, 0.4) is 0 Å². The van der Waals surface area contributed by atoms with Gasteiger partial charge in [-0.1, -0.05) is 47.4 Å². The summed E-state index contributed by atoms with van der Waals surface area (Å²) in [7, 11) is 0. The molecule has 8 nitrogen and oxygen atoms in total. The second kappa shape index (κ2) is 12.7. The fourth-order valence-corrected chi connectivity index (χ4v) is 6.14. The van der Waals surface area contributed by atoms with Crippen molar-refractivity contribution in [3.63, 3.8) is 0 Å². The molecule has 0 spiro atoms. The lowest BCUT2D eigenvalue weighted by Crippen LogP contribution is -2.32. The van der Waals surface area contributed by atoms with Crippen molar-refractivity contribution in [2.75, 3.05) is 39.3 Å². The van der Waals surface area contributed by atoms with Gasteiger partial charge < -0.3 is 20.2 Å². The number of oxime groups is 2. The Kier molecular flexibility index (Phi) is 8.84. The summed E-state index contributed by atoms with van der Waals surface area (Å²) in [5.74, 6) is -0.497. The minimum Gasteiger partial charge on any atom is -0.411 e. The SMILES string of the molecule is O=C(C(CCN1CCCCC1)=NO)c1ccc2c(c1)Cc1cc(C(=O)C(CCN3CCCCC3)=NO)ccc1-2. The zero-order valence-electron chi connectivity index (χ0n) is 22.6. The average molecular weight is 531 g/mol. The van der Waals surface area contributed by atoms with E-state index in [1.807, 2.05) is 24.3 Å². The number of rotatable bonds is 10. The van der Waals surface area contributed by atoms with E-state index in [1.54, 1.807) is 12.1 Å². The van der Waals surface area contributed by atoms with E-state index in [2.05, 4.69) is 20.1 Å². The zero-order valence-corrected chi connectivity index (χ0v) is 22.6. The molecule has 2 aliphatic heterocycles. The summed E-state index contributed by atoms with van der Waals surface area (Å²) in [6, 6.07) is 11.2. The van der Waals surface area contributed by atoms with Crippen LogP contribution in [-0.4, -0.2) is 82.5 Å². The molecule has 2 aromatic carbocycles. The Labute approximate surface area is 230 Å². The van der Waals surface area contributed by atoms with Crippen LogP contribution in [0.1, 0.15) is 83.2 Å². The minimum absolute atomic E-state index is 0.185. The van der Waals surface area contributed by atoms with Crippen molar-refractivity contribution in [3.8, 4) is 11.1 Å². The number of piperidine rings is 2. The van der Waals surface area contributed by atoms with Crippen LogP contribution in [-0.2, 0) is 6.42 Å². The van der Waals surface area contributed by atoms with E-state index in [0.29, 0.717) is 30.4 Å². The van der Waals surface area contributed by atoms with Crippen LogP contribution in [0.15, 0.2) is 46.7 Å². The van der Waals surface area contributed by atoms with Crippen molar-refractivity contribution >= 4 is 23.0 Å². The summed E-state index contributed by atoms with van der Waals surface area (Å²) in [6.07, 6.45) is 8.63. The second-order valence-electron chi connectivity index (χ2n) is 11.0. The first-order valence-electron chi connectivity index (χ1n) is 14.3. The molecule has 2 aromatic rings. The van der Waals surface area contributed by atoms with Crippen molar-refractivity contribution in [3.05, 3.63) is 58.7 Å². The molecule has 0 saturated carbocycles. The molecule has 0 aromatic heterocycles. The first kappa shape index (κ1) is 27.2. The summed E-state index contributed by atoms with van der Waals surface area (Å²) in [5, 5.41) is 25.8. The van der Waals surface area contributed by atoms with E-state index >= 15 is 0 Å². The Hall–Kier alpha value is -3.36. The number of likely N-dealkylation sites (tertiary alicyclic amines) is 2. The number of hydrogen-bond acceptors (Lipinski definition) is 8. The molecule has 39 heavy (non-hydrogen) atoms. The zero-order chi connectivity index (χ0) is 27.2. The predicted molar refractivity (Wildman–Crippen MR) is 152 cm³/mol. The highest BCUT2D eigenvalue weighted by Crippen LogP contribution is 2.37. The van der Waals surface area contributed by atoms with Gasteiger partial charge >= 0.3 is 0 Å². The highest BCUT2D eigenvalue weighted by molar-refractivity contribution is 6.46. The van der Waals surface area contributed by atoms with Gasteiger partial charge in [0, 0.05) is 37.1 Å². The van der Waals surface area contributed by atoms with E-state index < -0.39 is 0 Å². The number of benzene rings is 2. The summed E-state index contributed by atoms with van der Waals surface area (Å²) in [5.41, 5.74) is 5.49. The smallest absolute Gasteiger partial charge is 0.210 e. The number of fused-ring (bicyclic) bond motifs is 3. The van der Waals surface area contributed by atoms with Gasteiger partial charge in [-0.05, 0) is 92.7 Å². The molecule has 0 radical (unpaired) electrons. The maximum Gasteiger partial charge on any atom is 0.210 e. The van der Waals surface area contributed by atoms with Crippen LogP contribution in [0, 0.1) is 0 Å². The first-order valence-corrected chi connectivity index (χ1v) is 14.3. The van der Waals surface area contributed by atoms with Gasteiger partial charge in [0.2, 0.25) is 11.6 Å². The lowest BCUT2D eigenvalue weighted by atomic mass is 9.97. The van der Waals surface area contributed by atoms with Gasteiger partial charge in [-0.2, -0.15) is 0 Å². The number of carbonyl (C=O) groups excluding carboxylic acids is 2. The number of ketones is 2. The Bertz CT molecular complexity index is 1180. The molecule has 2 fully saturated rings. The fraction of sp³-hybridized carbons (Fsp3) is 0.484. The van der Waals surface area contributed by atoms with Crippen molar-refractivity contribution in [1.82, 2.24) is 9.80 Å². The topological polar surface area (TPSA) is 106 Å². The minimum atomic E-state index is -0.248. The molecule has 0 atom stereocenters. The third kappa shape index (κ3) is 6.28. The van der Waals surface area contributed by atoms with Crippen LogP contribution in [0.25, 0.3) is 11.1 Å². The molecule has 0 bridgehead atoms. The molecule has 8 heteroatoms. The standard InChI is InChI=1S/C31H38N4O4/c36-30(28(32-38)11-17-34-13-3-1-4-14-34)22-7-9-26-24(19-22)21-25-20-23(8-10-27(25)26)31(37)29(33-39)12-18-35-15-5-2-6-16-35/h7-10,19-20,38-39H,1-6,11-18,21H2. The van der Waals surface area contributed by atoms with Crippen molar-refractivity contribution in [2.45, 2.75) is 57.8 Å². The summed E-state index contributed by atoms with van der Waals surface area (Å²) >= 11 is 0. The van der Waals surface area contributed by atoms with Gasteiger partial charge in [-0.25, -0.2) is 0 Å². The van der Waals surface area contributed by atoms with Crippen molar-refractivity contribution in [1.29, 1.82) is 0 Å². The van der Waals surface area contributed by atoms with E-state index in [0.717, 1.165) is 61.5 Å². The third-order valence-corrected chi connectivity index (χ3v) is 8.40. The van der Waals surface area contributed by atoms with Gasteiger partial charge in [0.25, 0.3) is 0 Å². The Balaban J connectivity index is 1.24. The second-order valence-corrected chi connectivity index (χ2v) is 11.0. The Morgan fingerprint density at radius 3 is 1.44 bits per heavy atom. The highest BCUT2D eigenvalue weighted by atomic mass is 16.4. The predicted octanol–water partition coefficient (Wildman–Crippen LogP) is 5.04. The van der Waals surface area contributed by atoms with E-state index in [9.17, 15) is 20.0 Å². The first-order chi connectivity index (χ1) is 19.1. The van der Waals surface area contributed by atoms with E-state index in [-0.39, 0.29) is 23.0 Å². The van der Waals surface area contributed by atoms with Crippen LogP contribution in [0.4, 0.5) is 0 Å². The quantitative estimate of drug-likeness (QED) is 0.165. The lowest BCUT2D eigenvalue weighted by molar-refractivity contribution is 0.105. The molecule has 2 saturated heterocycles. The molecular formula is C31H38N4O4. The Morgan fingerprint density at radius 1 is 0.641 bits per heavy atom. The highest BCUT2D eigenvalue weighted by Gasteiger charge is 2.25. The van der Waals surface area contributed by atoms with Gasteiger partial charge in [0.1, 0.15) is 11.4 Å².